The number of fused-ring (bicyclic) bond motifs is 12. The molecule has 0 bridgehead atoms. The van der Waals surface area contributed by atoms with Crippen LogP contribution in [-0.4, -0.2) is 29.9 Å². The maximum absolute atomic E-state index is 6.17. The Bertz CT molecular complexity index is 8070. The Hall–Kier alpha value is -16.6. The van der Waals surface area contributed by atoms with Gasteiger partial charge in [-0.3, -0.25) is 0 Å². The quantitative estimate of drug-likeness (QED) is 0.118. The van der Waals surface area contributed by atoms with Crippen molar-refractivity contribution in [1.82, 2.24) is 29.9 Å². The standard InChI is InChI=1S/3C38H24N2O/c1-3-11-25(12-4-1)36-37(26-13-5-2-6-14-26)40-38-30(18-10-19-33(38)39-36)29-16-9-15-27(23-29)28-21-22-32-31-17-7-8-20-34(31)41-35(32)24-28;1-3-10-25(11-4-1)37-33-23-29(19-21-34(33)39-38(40-37)26-12-5-2-6-13-26)27-14-9-15-28(22-27)30-18-20-32-31-16-7-8-17-35(31)41-36(32)24-30;1-3-10-25(11-4-1)37-38(26-12-5-2-6-13-26)40-34-23-29(19-21-33(34)39-37)27-14-9-15-28(22-27)30-18-20-32-31-16-7-8-17-35(31)41-36(32)24-30/h3*1-24H. The van der Waals surface area contributed by atoms with Crippen molar-refractivity contribution in [3.05, 3.63) is 437 Å². The summed E-state index contributed by atoms with van der Waals surface area (Å²) in [5.41, 5.74) is 34.0. The first-order chi connectivity index (χ1) is 60.9. The summed E-state index contributed by atoms with van der Waals surface area (Å²) in [5, 5.41) is 7.86. The van der Waals surface area contributed by atoms with E-state index in [0.717, 1.165) is 233 Å². The van der Waals surface area contributed by atoms with Crippen LogP contribution in [0.1, 0.15) is 0 Å². The van der Waals surface area contributed by atoms with Crippen LogP contribution in [-0.2, 0) is 0 Å². The zero-order valence-corrected chi connectivity index (χ0v) is 66.5. The summed E-state index contributed by atoms with van der Waals surface area (Å²) in [6.07, 6.45) is 0. The van der Waals surface area contributed by atoms with Crippen LogP contribution >= 0.6 is 0 Å². The molecule has 0 aliphatic carbocycles. The Morgan fingerprint density at radius 1 is 0.138 bits per heavy atom. The third-order valence-electron chi connectivity index (χ3n) is 23.0. The number of hydrogen-bond donors (Lipinski definition) is 0. The van der Waals surface area contributed by atoms with Gasteiger partial charge in [-0.05, 0) is 164 Å². The van der Waals surface area contributed by atoms with E-state index in [1.54, 1.807) is 0 Å². The van der Waals surface area contributed by atoms with Crippen molar-refractivity contribution in [2.45, 2.75) is 0 Å². The molecule has 24 rings (SSSR count). The molecular formula is C114H72N6O3. The fraction of sp³-hybridized carbons (Fsp3) is 0. The van der Waals surface area contributed by atoms with E-state index < -0.39 is 0 Å². The molecule has 0 unspecified atom stereocenters. The highest BCUT2D eigenvalue weighted by atomic mass is 16.3. The van der Waals surface area contributed by atoms with Gasteiger partial charge in [-0.15, -0.1) is 0 Å². The van der Waals surface area contributed by atoms with E-state index in [1.807, 2.05) is 152 Å². The average molecular weight is 1570 g/mol. The number of furan rings is 3. The number of para-hydroxylation sites is 4. The second-order valence-electron chi connectivity index (χ2n) is 30.7. The monoisotopic (exact) mass is 1570 g/mol. The zero-order chi connectivity index (χ0) is 81.5. The predicted molar refractivity (Wildman–Crippen MR) is 506 cm³/mol. The molecule has 0 saturated carbocycles. The van der Waals surface area contributed by atoms with Crippen LogP contribution < -0.4 is 0 Å². The number of hydrogen-bond acceptors (Lipinski definition) is 9. The van der Waals surface area contributed by atoms with Gasteiger partial charge in [0.25, 0.3) is 0 Å². The molecule has 0 saturated heterocycles. The number of rotatable bonds is 12. The van der Waals surface area contributed by atoms with Gasteiger partial charge in [0, 0.05) is 76.6 Å². The van der Waals surface area contributed by atoms with Gasteiger partial charge in [-0.2, -0.15) is 0 Å². The second-order valence-corrected chi connectivity index (χ2v) is 30.7. The van der Waals surface area contributed by atoms with Crippen molar-refractivity contribution in [2.75, 3.05) is 0 Å². The highest BCUT2D eigenvalue weighted by Crippen LogP contribution is 2.43. The third-order valence-corrected chi connectivity index (χ3v) is 23.0. The van der Waals surface area contributed by atoms with Crippen LogP contribution in [0.15, 0.2) is 450 Å². The first-order valence-corrected chi connectivity index (χ1v) is 41.3. The molecule has 0 atom stereocenters. The largest absolute Gasteiger partial charge is 0.456 e. The molecule has 0 N–H and O–H groups in total. The van der Waals surface area contributed by atoms with Crippen LogP contribution in [0.2, 0.25) is 0 Å². The van der Waals surface area contributed by atoms with E-state index in [2.05, 4.69) is 285 Å². The summed E-state index contributed by atoms with van der Waals surface area (Å²) in [4.78, 5) is 30.7. The first-order valence-electron chi connectivity index (χ1n) is 41.3. The Morgan fingerprint density at radius 2 is 0.439 bits per heavy atom. The minimum atomic E-state index is 0.729. The van der Waals surface area contributed by atoms with Gasteiger partial charge in [0.05, 0.1) is 56.1 Å². The molecule has 0 spiro atoms. The molecule has 6 aromatic heterocycles. The highest BCUT2D eigenvalue weighted by molar-refractivity contribution is 6.09. The lowest BCUT2D eigenvalue weighted by molar-refractivity contribution is 0.668. The Morgan fingerprint density at radius 3 is 0.878 bits per heavy atom. The Kier molecular flexibility index (Phi) is 18.8. The van der Waals surface area contributed by atoms with Crippen molar-refractivity contribution < 1.29 is 13.3 Å². The number of aromatic nitrogens is 6. The molecule has 0 aliphatic heterocycles. The SMILES string of the molecule is c1ccc(-c2nc(-c3ccccc3)c3cc(-c4cccc(-c5ccc6c(c5)oc5ccccc56)c4)ccc3n2)cc1.c1ccc(-c2nc3ccc(-c4cccc(-c5ccc6c(c5)oc5ccccc56)c4)cc3nc2-c2ccccc2)cc1.c1ccc(-c2nc3cccc(-c4cccc(-c5ccc6c(c5)oc5ccccc56)c4)c3nc2-c2ccccc2)cc1. The van der Waals surface area contributed by atoms with E-state index in [9.17, 15) is 0 Å². The van der Waals surface area contributed by atoms with Gasteiger partial charge < -0.3 is 13.3 Å². The summed E-state index contributed by atoms with van der Waals surface area (Å²) < 4.78 is 18.5. The summed E-state index contributed by atoms with van der Waals surface area (Å²) in [6, 6.07) is 151. The first kappa shape index (κ1) is 72.8. The Balaban J connectivity index is 0.000000110. The molecule has 24 aromatic rings. The van der Waals surface area contributed by atoms with E-state index in [-0.39, 0.29) is 0 Å². The molecule has 576 valence electrons. The summed E-state index contributed by atoms with van der Waals surface area (Å²) >= 11 is 0. The number of nitrogens with zero attached hydrogens (tertiary/aromatic N) is 6. The van der Waals surface area contributed by atoms with Gasteiger partial charge >= 0.3 is 0 Å². The molecule has 0 aliphatic rings. The van der Waals surface area contributed by atoms with Crippen molar-refractivity contribution in [2.24, 2.45) is 0 Å². The fourth-order valence-electron chi connectivity index (χ4n) is 16.9. The predicted octanol–water partition coefficient (Wildman–Crippen LogP) is 30.6. The second kappa shape index (κ2) is 31.7. The number of benzene rings is 18. The maximum Gasteiger partial charge on any atom is 0.160 e. The molecule has 0 fully saturated rings. The van der Waals surface area contributed by atoms with E-state index >= 15 is 0 Å². The molecular weight excluding hydrogens is 1500 g/mol. The fourth-order valence-corrected chi connectivity index (χ4v) is 16.9. The van der Waals surface area contributed by atoms with Crippen molar-refractivity contribution >= 4 is 98.8 Å². The normalized spacial score (nSPS) is 11.4. The molecule has 6 heterocycles. The van der Waals surface area contributed by atoms with Crippen LogP contribution in [0.25, 0.3) is 233 Å². The van der Waals surface area contributed by atoms with E-state index in [0.29, 0.717) is 0 Å². The lowest BCUT2D eigenvalue weighted by Crippen LogP contribution is -1.97. The maximum atomic E-state index is 6.17. The molecule has 123 heavy (non-hydrogen) atoms. The van der Waals surface area contributed by atoms with Gasteiger partial charge in [0.15, 0.2) is 5.82 Å². The lowest BCUT2D eigenvalue weighted by Gasteiger charge is -2.13. The van der Waals surface area contributed by atoms with Gasteiger partial charge in [-0.1, -0.05) is 334 Å². The lowest BCUT2D eigenvalue weighted by atomic mass is 9.96. The average Bonchev–Trinajstić information content (AvgIpc) is 1.68. The Labute approximate surface area is 708 Å². The van der Waals surface area contributed by atoms with Gasteiger partial charge in [-0.25, -0.2) is 29.9 Å². The molecule has 0 amide bonds. The summed E-state index contributed by atoms with van der Waals surface area (Å²) in [7, 11) is 0. The molecule has 0 radical (unpaired) electrons. The van der Waals surface area contributed by atoms with Gasteiger partial charge in [0.2, 0.25) is 0 Å². The van der Waals surface area contributed by atoms with Crippen molar-refractivity contribution in [1.29, 1.82) is 0 Å². The van der Waals surface area contributed by atoms with Crippen LogP contribution in [0.3, 0.4) is 0 Å². The van der Waals surface area contributed by atoms with E-state index in [1.165, 1.54) is 0 Å². The molecule has 18 aromatic carbocycles. The van der Waals surface area contributed by atoms with Crippen LogP contribution in [0.5, 0.6) is 0 Å². The van der Waals surface area contributed by atoms with Crippen LogP contribution in [0, 0.1) is 0 Å². The smallest absolute Gasteiger partial charge is 0.160 e. The van der Waals surface area contributed by atoms with Crippen LogP contribution in [0.4, 0.5) is 0 Å². The third kappa shape index (κ3) is 14.2. The molecule has 9 heteroatoms. The molecule has 9 nitrogen and oxygen atoms in total. The zero-order valence-electron chi connectivity index (χ0n) is 66.5. The van der Waals surface area contributed by atoms with E-state index in [4.69, 9.17) is 43.2 Å². The van der Waals surface area contributed by atoms with Gasteiger partial charge in [0.1, 0.15) is 33.5 Å². The topological polar surface area (TPSA) is 117 Å². The van der Waals surface area contributed by atoms with Crippen molar-refractivity contribution in [3.63, 3.8) is 0 Å². The summed E-state index contributed by atoms with van der Waals surface area (Å²) in [6.45, 7) is 0. The minimum Gasteiger partial charge on any atom is -0.456 e. The summed E-state index contributed by atoms with van der Waals surface area (Å²) in [5.74, 6) is 0.729. The minimum absolute atomic E-state index is 0.729. The van der Waals surface area contributed by atoms with Crippen molar-refractivity contribution in [3.8, 4) is 134 Å². The highest BCUT2D eigenvalue weighted by Gasteiger charge is 2.21.